The zero-order chi connectivity index (χ0) is 13.5. The Kier molecular flexibility index (Phi) is 5.12. The van der Waals surface area contributed by atoms with Gasteiger partial charge < -0.3 is 14.5 Å². The highest BCUT2D eigenvalue weighted by Gasteiger charge is 2.04. The van der Waals surface area contributed by atoms with Gasteiger partial charge in [0.1, 0.15) is 17.3 Å². The molecule has 0 aliphatic carbocycles. The molecular formula is C15H18FNO2. The molecule has 0 saturated heterocycles. The predicted molar refractivity (Wildman–Crippen MR) is 72.3 cm³/mol. The minimum Gasteiger partial charge on any atom is -0.460 e. The number of rotatable bonds is 7. The van der Waals surface area contributed by atoms with Crippen LogP contribution in [0, 0.1) is 5.82 Å². The van der Waals surface area contributed by atoms with Gasteiger partial charge in [0.05, 0.1) is 13.2 Å². The van der Waals surface area contributed by atoms with E-state index in [1.165, 1.54) is 12.1 Å². The predicted octanol–water partition coefficient (Wildman–Crippen LogP) is 3.21. The molecule has 3 nitrogen and oxygen atoms in total. The molecule has 0 aliphatic rings. The Balaban J connectivity index is 1.86. The van der Waals surface area contributed by atoms with Crippen molar-refractivity contribution in [1.29, 1.82) is 0 Å². The highest BCUT2D eigenvalue weighted by molar-refractivity contribution is 5.57. The number of nitrogens with one attached hydrogen (secondary N) is 1. The Morgan fingerprint density at radius 2 is 1.95 bits per heavy atom. The van der Waals surface area contributed by atoms with Crippen molar-refractivity contribution < 1.29 is 13.5 Å². The van der Waals surface area contributed by atoms with Crippen molar-refractivity contribution in [1.82, 2.24) is 5.32 Å². The van der Waals surface area contributed by atoms with E-state index in [-0.39, 0.29) is 5.82 Å². The molecule has 0 fully saturated rings. The number of hydrogen-bond donors (Lipinski definition) is 1. The summed E-state index contributed by atoms with van der Waals surface area (Å²) in [6.07, 6.45) is 0. The number of benzene rings is 1. The Hall–Kier alpha value is -1.65. The van der Waals surface area contributed by atoms with Gasteiger partial charge in [0.2, 0.25) is 0 Å². The van der Waals surface area contributed by atoms with Gasteiger partial charge in [0.25, 0.3) is 0 Å². The summed E-state index contributed by atoms with van der Waals surface area (Å²) in [5, 5.41) is 3.23. The third kappa shape index (κ3) is 4.19. The number of halogens is 1. The summed E-state index contributed by atoms with van der Waals surface area (Å²) in [6, 6.07) is 10.1. The molecule has 2 aromatic rings. The molecule has 1 N–H and O–H groups in total. The first-order chi connectivity index (χ1) is 9.29. The Morgan fingerprint density at radius 3 is 2.68 bits per heavy atom. The molecule has 4 heteroatoms. The van der Waals surface area contributed by atoms with Crippen LogP contribution >= 0.6 is 0 Å². The maximum atomic E-state index is 12.8. The summed E-state index contributed by atoms with van der Waals surface area (Å²) < 4.78 is 23.7. The Labute approximate surface area is 112 Å². The molecule has 0 unspecified atom stereocenters. The number of ether oxygens (including phenoxy) is 1. The molecule has 0 saturated carbocycles. The van der Waals surface area contributed by atoms with Crippen LogP contribution in [0.15, 0.2) is 40.8 Å². The molecule has 0 amide bonds. The fraction of sp³-hybridized carbons (Fsp3) is 0.333. The van der Waals surface area contributed by atoms with Crippen LogP contribution in [0.25, 0.3) is 11.3 Å². The average molecular weight is 263 g/mol. The van der Waals surface area contributed by atoms with Crippen molar-refractivity contribution >= 4 is 0 Å². The van der Waals surface area contributed by atoms with E-state index in [9.17, 15) is 4.39 Å². The van der Waals surface area contributed by atoms with E-state index in [2.05, 4.69) is 5.32 Å². The lowest BCUT2D eigenvalue weighted by Gasteiger charge is -2.02. The van der Waals surface area contributed by atoms with Crippen molar-refractivity contribution in [2.75, 3.05) is 19.8 Å². The molecular weight excluding hydrogens is 245 g/mol. The van der Waals surface area contributed by atoms with E-state index in [0.717, 1.165) is 30.2 Å². The van der Waals surface area contributed by atoms with E-state index >= 15 is 0 Å². The quantitative estimate of drug-likeness (QED) is 0.779. The zero-order valence-electron chi connectivity index (χ0n) is 11.0. The van der Waals surface area contributed by atoms with Gasteiger partial charge in [-0.05, 0) is 43.3 Å². The monoisotopic (exact) mass is 263 g/mol. The lowest BCUT2D eigenvalue weighted by molar-refractivity contribution is 0.148. The molecule has 0 radical (unpaired) electrons. The zero-order valence-corrected chi connectivity index (χ0v) is 11.0. The van der Waals surface area contributed by atoms with Gasteiger partial charge in [-0.1, -0.05) is 0 Å². The second kappa shape index (κ2) is 7.07. The van der Waals surface area contributed by atoms with Crippen molar-refractivity contribution in [3.8, 4) is 11.3 Å². The first-order valence-electron chi connectivity index (χ1n) is 6.42. The van der Waals surface area contributed by atoms with Gasteiger partial charge in [-0.2, -0.15) is 0 Å². The number of furan rings is 1. The van der Waals surface area contributed by atoms with Crippen molar-refractivity contribution in [2.45, 2.75) is 13.5 Å². The van der Waals surface area contributed by atoms with E-state index in [4.69, 9.17) is 9.15 Å². The molecule has 0 spiro atoms. The SMILES string of the molecule is CCOCCNCc1ccc(-c2ccc(F)cc2)o1. The molecule has 0 atom stereocenters. The topological polar surface area (TPSA) is 34.4 Å². The summed E-state index contributed by atoms with van der Waals surface area (Å²) >= 11 is 0. The van der Waals surface area contributed by atoms with Gasteiger partial charge in [0, 0.05) is 18.7 Å². The molecule has 1 heterocycles. The van der Waals surface area contributed by atoms with Crippen LogP contribution in [-0.2, 0) is 11.3 Å². The van der Waals surface area contributed by atoms with Crippen molar-refractivity contribution in [3.63, 3.8) is 0 Å². The second-order valence-electron chi connectivity index (χ2n) is 4.15. The Bertz CT molecular complexity index is 493. The largest absolute Gasteiger partial charge is 0.460 e. The normalized spacial score (nSPS) is 10.8. The lowest BCUT2D eigenvalue weighted by Crippen LogP contribution is -2.18. The third-order valence-electron chi connectivity index (χ3n) is 2.72. The second-order valence-corrected chi connectivity index (χ2v) is 4.15. The fourth-order valence-corrected chi connectivity index (χ4v) is 1.74. The van der Waals surface area contributed by atoms with Crippen molar-refractivity contribution in [3.05, 3.63) is 48.0 Å². The standard InChI is InChI=1S/C15H18FNO2/c1-2-18-10-9-17-11-14-7-8-15(19-14)12-3-5-13(16)6-4-12/h3-8,17H,2,9-11H2,1H3. The minimum atomic E-state index is -0.242. The third-order valence-corrected chi connectivity index (χ3v) is 2.72. The van der Waals surface area contributed by atoms with Gasteiger partial charge in [-0.15, -0.1) is 0 Å². The maximum absolute atomic E-state index is 12.8. The number of hydrogen-bond acceptors (Lipinski definition) is 3. The van der Waals surface area contributed by atoms with Crippen LogP contribution in [0.4, 0.5) is 4.39 Å². The van der Waals surface area contributed by atoms with E-state index in [0.29, 0.717) is 13.2 Å². The lowest BCUT2D eigenvalue weighted by atomic mass is 10.2. The van der Waals surface area contributed by atoms with Crippen LogP contribution in [0.5, 0.6) is 0 Å². The summed E-state index contributed by atoms with van der Waals surface area (Å²) in [5.74, 6) is 1.37. The van der Waals surface area contributed by atoms with Gasteiger partial charge in [0.15, 0.2) is 0 Å². The van der Waals surface area contributed by atoms with Crippen LogP contribution in [-0.4, -0.2) is 19.8 Å². The van der Waals surface area contributed by atoms with Crippen LogP contribution < -0.4 is 5.32 Å². The first-order valence-corrected chi connectivity index (χ1v) is 6.42. The van der Waals surface area contributed by atoms with Crippen LogP contribution in [0.1, 0.15) is 12.7 Å². The highest BCUT2D eigenvalue weighted by Crippen LogP contribution is 2.22. The first kappa shape index (κ1) is 13.8. The Morgan fingerprint density at radius 1 is 1.16 bits per heavy atom. The fourth-order valence-electron chi connectivity index (χ4n) is 1.74. The maximum Gasteiger partial charge on any atom is 0.134 e. The minimum absolute atomic E-state index is 0.242. The molecule has 0 aliphatic heterocycles. The smallest absolute Gasteiger partial charge is 0.134 e. The molecule has 1 aromatic heterocycles. The molecule has 0 bridgehead atoms. The molecule has 102 valence electrons. The van der Waals surface area contributed by atoms with Crippen molar-refractivity contribution in [2.24, 2.45) is 0 Å². The summed E-state index contributed by atoms with van der Waals surface area (Å²) in [6.45, 7) is 4.86. The van der Waals surface area contributed by atoms with Gasteiger partial charge in [-0.3, -0.25) is 0 Å². The molecule has 2 rings (SSSR count). The van der Waals surface area contributed by atoms with Gasteiger partial charge in [-0.25, -0.2) is 4.39 Å². The van der Waals surface area contributed by atoms with Crippen LogP contribution in [0.3, 0.4) is 0 Å². The highest BCUT2D eigenvalue weighted by atomic mass is 19.1. The average Bonchev–Trinajstić information content (AvgIpc) is 2.88. The van der Waals surface area contributed by atoms with E-state index < -0.39 is 0 Å². The summed E-state index contributed by atoms with van der Waals surface area (Å²) in [4.78, 5) is 0. The van der Waals surface area contributed by atoms with Crippen LogP contribution in [0.2, 0.25) is 0 Å². The molecule has 19 heavy (non-hydrogen) atoms. The summed E-state index contributed by atoms with van der Waals surface area (Å²) in [5.41, 5.74) is 0.877. The summed E-state index contributed by atoms with van der Waals surface area (Å²) in [7, 11) is 0. The van der Waals surface area contributed by atoms with Gasteiger partial charge >= 0.3 is 0 Å². The molecule has 1 aromatic carbocycles. The van der Waals surface area contributed by atoms with E-state index in [1.54, 1.807) is 12.1 Å². The van der Waals surface area contributed by atoms with E-state index in [1.807, 2.05) is 19.1 Å².